The molecule has 0 saturated carbocycles. The van der Waals surface area contributed by atoms with Gasteiger partial charge in [-0.25, -0.2) is 9.38 Å². The summed E-state index contributed by atoms with van der Waals surface area (Å²) >= 11 is 1.49. The molecule has 170 valence electrons. The second kappa shape index (κ2) is 8.22. The number of piperazine rings is 1. The summed E-state index contributed by atoms with van der Waals surface area (Å²) in [4.78, 5) is 23.1. The Balaban J connectivity index is 1.44. The predicted octanol–water partition coefficient (Wildman–Crippen LogP) is 4.67. The van der Waals surface area contributed by atoms with Gasteiger partial charge >= 0.3 is 0 Å². The second-order valence-corrected chi connectivity index (χ2v) is 9.70. The molecule has 6 rings (SSSR count). The Morgan fingerprint density at radius 2 is 1.82 bits per heavy atom. The number of hydrogen-bond donors (Lipinski definition) is 0. The first-order valence-corrected chi connectivity index (χ1v) is 12.3. The van der Waals surface area contributed by atoms with E-state index in [0.717, 1.165) is 38.8 Å². The fourth-order valence-corrected chi connectivity index (χ4v) is 5.33. The monoisotopic (exact) mass is 468 g/mol. The van der Waals surface area contributed by atoms with E-state index in [1.165, 1.54) is 16.9 Å². The number of para-hydroxylation sites is 1. The Bertz CT molecular complexity index is 1490. The van der Waals surface area contributed by atoms with Crippen molar-refractivity contribution >= 4 is 39.7 Å². The van der Waals surface area contributed by atoms with Crippen molar-refractivity contribution in [3.05, 3.63) is 76.5 Å². The van der Waals surface area contributed by atoms with Gasteiger partial charge in [-0.05, 0) is 37.4 Å². The van der Waals surface area contributed by atoms with Gasteiger partial charge in [0.05, 0.1) is 10.4 Å². The number of anilines is 1. The minimum Gasteiger partial charge on any atom is -0.338 e. The van der Waals surface area contributed by atoms with Crippen molar-refractivity contribution in [2.24, 2.45) is 0 Å². The third kappa shape index (κ3) is 3.42. The lowest BCUT2D eigenvalue weighted by atomic mass is 10.1. The summed E-state index contributed by atoms with van der Waals surface area (Å²) in [5.41, 5.74) is 3.87. The molecular formula is C26H24N6OS. The van der Waals surface area contributed by atoms with Crippen molar-refractivity contribution in [1.82, 2.24) is 24.5 Å². The van der Waals surface area contributed by atoms with E-state index in [9.17, 15) is 4.79 Å². The van der Waals surface area contributed by atoms with Crippen molar-refractivity contribution in [2.45, 2.75) is 19.9 Å². The first kappa shape index (κ1) is 20.8. The van der Waals surface area contributed by atoms with Gasteiger partial charge in [-0.2, -0.15) is 0 Å². The second-order valence-electron chi connectivity index (χ2n) is 8.75. The quantitative estimate of drug-likeness (QED) is 0.385. The number of benzene rings is 2. The van der Waals surface area contributed by atoms with Gasteiger partial charge in [-0.15, -0.1) is 21.5 Å². The van der Waals surface area contributed by atoms with Crippen LogP contribution >= 0.6 is 11.3 Å². The number of rotatable bonds is 3. The van der Waals surface area contributed by atoms with E-state index >= 15 is 0 Å². The summed E-state index contributed by atoms with van der Waals surface area (Å²) in [6, 6.07) is 20.2. The zero-order chi connectivity index (χ0) is 23.2. The van der Waals surface area contributed by atoms with Crippen molar-refractivity contribution in [3.8, 4) is 11.4 Å². The van der Waals surface area contributed by atoms with Crippen LogP contribution in [0.15, 0.2) is 66.0 Å². The van der Waals surface area contributed by atoms with E-state index < -0.39 is 0 Å². The fraction of sp³-hybridized carbons (Fsp3) is 0.231. The van der Waals surface area contributed by atoms with Crippen LogP contribution in [0.25, 0.3) is 27.9 Å². The van der Waals surface area contributed by atoms with Crippen molar-refractivity contribution in [1.29, 1.82) is 0 Å². The molecule has 0 radical (unpaired) electrons. The molecule has 0 unspecified atom stereocenters. The van der Waals surface area contributed by atoms with E-state index in [0.29, 0.717) is 19.6 Å². The van der Waals surface area contributed by atoms with Crippen molar-refractivity contribution in [3.63, 3.8) is 0 Å². The van der Waals surface area contributed by atoms with Crippen LogP contribution in [0.5, 0.6) is 0 Å². The lowest BCUT2D eigenvalue weighted by Crippen LogP contribution is -2.54. The van der Waals surface area contributed by atoms with Crippen LogP contribution in [0.3, 0.4) is 0 Å². The van der Waals surface area contributed by atoms with Crippen LogP contribution < -0.4 is 4.90 Å². The van der Waals surface area contributed by atoms with Gasteiger partial charge in [0.25, 0.3) is 5.91 Å². The van der Waals surface area contributed by atoms with E-state index in [1.807, 2.05) is 46.7 Å². The Kier molecular flexibility index (Phi) is 5.03. The largest absolute Gasteiger partial charge is 0.338 e. The number of carbonyl (C=O) groups is 1. The summed E-state index contributed by atoms with van der Waals surface area (Å²) in [5.74, 6) is 1.68. The summed E-state index contributed by atoms with van der Waals surface area (Å²) < 4.78 is 2.07. The lowest BCUT2D eigenvalue weighted by Gasteiger charge is -2.40. The third-order valence-corrected chi connectivity index (χ3v) is 7.30. The number of carbonyl (C=O) groups excluding carboxylic acids is 1. The van der Waals surface area contributed by atoms with E-state index in [4.69, 9.17) is 4.98 Å². The van der Waals surface area contributed by atoms with Crippen LogP contribution in [-0.4, -0.2) is 56.1 Å². The van der Waals surface area contributed by atoms with Crippen LogP contribution in [0.2, 0.25) is 0 Å². The van der Waals surface area contributed by atoms with Gasteiger partial charge < -0.3 is 9.80 Å². The highest BCUT2D eigenvalue weighted by Gasteiger charge is 2.31. The molecule has 0 spiro atoms. The maximum Gasteiger partial charge on any atom is 0.264 e. The Morgan fingerprint density at radius 3 is 2.59 bits per heavy atom. The summed E-state index contributed by atoms with van der Waals surface area (Å²) in [5, 5.41) is 12.1. The van der Waals surface area contributed by atoms with E-state index in [-0.39, 0.29) is 11.9 Å². The maximum absolute atomic E-state index is 13.0. The molecule has 4 heterocycles. The minimum absolute atomic E-state index is 0.0472. The number of aryl methyl sites for hydroxylation is 1. The Labute approximate surface area is 201 Å². The van der Waals surface area contributed by atoms with Crippen LogP contribution in [0.4, 0.5) is 5.95 Å². The number of fused-ring (bicyclic) bond motifs is 3. The minimum atomic E-state index is 0.0472. The maximum atomic E-state index is 13.0. The average Bonchev–Trinajstić information content (AvgIpc) is 3.55. The highest BCUT2D eigenvalue weighted by Crippen LogP contribution is 2.30. The molecule has 0 bridgehead atoms. The Hall–Kier alpha value is -3.78. The molecule has 1 aliphatic heterocycles. The first-order valence-electron chi connectivity index (χ1n) is 11.4. The molecule has 1 fully saturated rings. The smallest absolute Gasteiger partial charge is 0.264 e. The zero-order valence-electron chi connectivity index (χ0n) is 19.0. The number of aromatic nitrogens is 4. The number of amides is 1. The summed E-state index contributed by atoms with van der Waals surface area (Å²) in [7, 11) is 0. The molecule has 1 saturated heterocycles. The van der Waals surface area contributed by atoms with E-state index in [1.54, 1.807) is 0 Å². The third-order valence-electron chi connectivity index (χ3n) is 6.44. The average molecular weight is 469 g/mol. The lowest BCUT2D eigenvalue weighted by molar-refractivity contribution is 0.0678. The van der Waals surface area contributed by atoms with Gasteiger partial charge in [0.15, 0.2) is 11.5 Å². The number of hydrogen-bond acceptors (Lipinski definition) is 6. The molecule has 3 aromatic heterocycles. The van der Waals surface area contributed by atoms with Crippen molar-refractivity contribution in [2.75, 3.05) is 24.5 Å². The number of nitrogens with zero attached hydrogens (tertiary/aromatic N) is 6. The summed E-state index contributed by atoms with van der Waals surface area (Å²) in [6.07, 6.45) is 0. The van der Waals surface area contributed by atoms with Gasteiger partial charge in [-0.1, -0.05) is 48.0 Å². The fourth-order valence-electron chi connectivity index (χ4n) is 4.65. The van der Waals surface area contributed by atoms with Crippen LogP contribution in [0.1, 0.15) is 22.2 Å². The van der Waals surface area contributed by atoms with Crippen LogP contribution in [-0.2, 0) is 0 Å². The van der Waals surface area contributed by atoms with E-state index in [2.05, 4.69) is 57.6 Å². The Morgan fingerprint density at radius 1 is 1.00 bits per heavy atom. The van der Waals surface area contributed by atoms with Gasteiger partial charge in [0.1, 0.15) is 0 Å². The molecule has 1 aliphatic rings. The van der Waals surface area contributed by atoms with Gasteiger partial charge in [-0.3, -0.25) is 4.79 Å². The van der Waals surface area contributed by atoms with Crippen LogP contribution in [0, 0.1) is 6.92 Å². The molecule has 2 aromatic carbocycles. The molecule has 0 aliphatic carbocycles. The number of thiophene rings is 1. The molecule has 7 nitrogen and oxygen atoms in total. The predicted molar refractivity (Wildman–Crippen MR) is 135 cm³/mol. The normalized spacial score (nSPS) is 16.5. The molecule has 1 atom stereocenters. The molecular weight excluding hydrogens is 444 g/mol. The highest BCUT2D eigenvalue weighted by molar-refractivity contribution is 7.12. The first-order chi connectivity index (χ1) is 16.6. The topological polar surface area (TPSA) is 66.6 Å². The standard InChI is InChI=1S/C26H24N6OS/c1-17-9-11-19(12-10-17)23-28-29-24-20-6-3-4-7-21(20)27-26(32(23)24)30-13-14-31(18(2)16-30)25(33)22-8-5-15-34-22/h3-12,15,18H,13-14,16H2,1-2H3/t18-/m1/s1. The summed E-state index contributed by atoms with van der Waals surface area (Å²) in [6.45, 7) is 6.18. The molecule has 1 amide bonds. The van der Waals surface area contributed by atoms with Gasteiger partial charge in [0, 0.05) is 36.6 Å². The highest BCUT2D eigenvalue weighted by atomic mass is 32.1. The molecule has 5 aromatic rings. The zero-order valence-corrected chi connectivity index (χ0v) is 19.9. The SMILES string of the molecule is Cc1ccc(-c2nnc3c4ccccc4nc(N4CCN(C(=O)c5cccs5)[C@H](C)C4)n23)cc1. The molecule has 34 heavy (non-hydrogen) atoms. The molecule has 0 N–H and O–H groups in total. The van der Waals surface area contributed by atoms with Gasteiger partial charge in [0.2, 0.25) is 5.95 Å². The van der Waals surface area contributed by atoms with Crippen molar-refractivity contribution < 1.29 is 4.79 Å². The molecule has 8 heteroatoms.